The van der Waals surface area contributed by atoms with Gasteiger partial charge in [0.15, 0.2) is 17.3 Å². The number of nitrogens with one attached hydrogen (secondary N) is 1. The van der Waals surface area contributed by atoms with Crippen LogP contribution >= 0.6 is 0 Å². The Morgan fingerprint density at radius 1 is 1.22 bits per heavy atom. The largest absolute Gasteiger partial charge is 0.493 e. The Morgan fingerprint density at radius 3 is 2.52 bits per heavy atom. The minimum Gasteiger partial charge on any atom is -0.493 e. The van der Waals surface area contributed by atoms with Crippen molar-refractivity contribution in [1.29, 1.82) is 0 Å². The van der Waals surface area contributed by atoms with Gasteiger partial charge in [0.1, 0.15) is 5.76 Å². The summed E-state index contributed by atoms with van der Waals surface area (Å²) < 4.78 is 15.6. The van der Waals surface area contributed by atoms with Crippen LogP contribution in [0.1, 0.15) is 16.9 Å². The molecule has 0 aliphatic carbocycles. The van der Waals surface area contributed by atoms with E-state index in [9.17, 15) is 4.79 Å². The Bertz CT molecular complexity index is 726. The third-order valence-electron chi connectivity index (χ3n) is 3.87. The van der Waals surface area contributed by atoms with Gasteiger partial charge in [-0.2, -0.15) is 0 Å². The quantitative estimate of drug-likeness (QED) is 0.941. The highest BCUT2D eigenvalue weighted by Gasteiger charge is 2.23. The fourth-order valence-electron chi connectivity index (χ4n) is 2.67. The van der Waals surface area contributed by atoms with E-state index in [1.54, 1.807) is 32.1 Å². The molecule has 1 aromatic heterocycles. The average molecular weight is 317 g/mol. The molecule has 2 amide bonds. The maximum atomic E-state index is 12.3. The highest BCUT2D eigenvalue weighted by molar-refractivity contribution is 5.88. The minimum atomic E-state index is -0.196. The van der Waals surface area contributed by atoms with Crippen molar-refractivity contribution in [2.75, 3.05) is 26.1 Å². The van der Waals surface area contributed by atoms with Gasteiger partial charge in [0.2, 0.25) is 0 Å². The van der Waals surface area contributed by atoms with E-state index in [0.29, 0.717) is 36.2 Å². The lowest BCUT2D eigenvalue weighted by atomic mass is 9.99. The fourth-order valence-corrected chi connectivity index (χ4v) is 2.67. The molecule has 0 atom stereocenters. The summed E-state index contributed by atoms with van der Waals surface area (Å²) in [6.45, 7) is 2.92. The van der Waals surface area contributed by atoms with Gasteiger partial charge in [-0.15, -0.1) is 0 Å². The molecule has 7 heteroatoms. The summed E-state index contributed by atoms with van der Waals surface area (Å²) in [5.41, 5.74) is 2.23. The summed E-state index contributed by atoms with van der Waals surface area (Å²) in [4.78, 5) is 14.1. The van der Waals surface area contributed by atoms with Crippen molar-refractivity contribution < 1.29 is 18.8 Å². The molecule has 7 nitrogen and oxygen atoms in total. The second kappa shape index (κ2) is 6.20. The molecule has 1 N–H and O–H groups in total. The zero-order chi connectivity index (χ0) is 16.4. The van der Waals surface area contributed by atoms with E-state index in [0.717, 1.165) is 12.0 Å². The van der Waals surface area contributed by atoms with E-state index in [1.807, 2.05) is 12.1 Å². The van der Waals surface area contributed by atoms with Crippen LogP contribution in [0.15, 0.2) is 22.7 Å². The first-order chi connectivity index (χ1) is 11.1. The topological polar surface area (TPSA) is 76.8 Å². The van der Waals surface area contributed by atoms with Gasteiger partial charge in [-0.3, -0.25) is 5.32 Å². The molecule has 0 saturated carbocycles. The molecule has 2 aromatic rings. The van der Waals surface area contributed by atoms with Crippen molar-refractivity contribution in [2.45, 2.75) is 19.9 Å². The number of benzene rings is 1. The summed E-state index contributed by atoms with van der Waals surface area (Å²) in [5, 5.41) is 6.52. The van der Waals surface area contributed by atoms with Crippen molar-refractivity contribution >= 4 is 11.8 Å². The van der Waals surface area contributed by atoms with Crippen LogP contribution in [0.4, 0.5) is 10.6 Å². The Morgan fingerprint density at radius 2 is 1.91 bits per heavy atom. The predicted molar refractivity (Wildman–Crippen MR) is 83.9 cm³/mol. The zero-order valence-corrected chi connectivity index (χ0v) is 13.4. The average Bonchev–Trinajstić information content (AvgIpc) is 2.97. The first-order valence-electron chi connectivity index (χ1n) is 7.33. The molecule has 1 aliphatic rings. The summed E-state index contributed by atoms with van der Waals surface area (Å²) in [7, 11) is 3.22. The summed E-state index contributed by atoms with van der Waals surface area (Å²) in [6, 6.07) is 5.39. The van der Waals surface area contributed by atoms with Crippen LogP contribution in [-0.2, 0) is 13.0 Å². The van der Waals surface area contributed by atoms with Gasteiger partial charge in [0.05, 0.1) is 14.2 Å². The summed E-state index contributed by atoms with van der Waals surface area (Å²) in [5.74, 6) is 2.45. The molecule has 2 heterocycles. The maximum Gasteiger partial charge on any atom is 0.323 e. The first kappa shape index (κ1) is 15.2. The van der Waals surface area contributed by atoms with E-state index in [4.69, 9.17) is 14.0 Å². The van der Waals surface area contributed by atoms with Gasteiger partial charge in [-0.1, -0.05) is 5.16 Å². The van der Waals surface area contributed by atoms with Crippen molar-refractivity contribution in [2.24, 2.45) is 0 Å². The number of fused-ring (bicyclic) bond motifs is 1. The van der Waals surface area contributed by atoms with Crippen LogP contribution in [0.3, 0.4) is 0 Å². The Labute approximate surface area is 134 Å². The Kier molecular flexibility index (Phi) is 4.10. The van der Waals surface area contributed by atoms with E-state index >= 15 is 0 Å². The first-order valence-corrected chi connectivity index (χ1v) is 7.33. The van der Waals surface area contributed by atoms with Gasteiger partial charge >= 0.3 is 6.03 Å². The van der Waals surface area contributed by atoms with Crippen molar-refractivity contribution in [3.8, 4) is 11.5 Å². The molecule has 0 saturated heterocycles. The van der Waals surface area contributed by atoms with Crippen LogP contribution in [0, 0.1) is 6.92 Å². The second-order valence-electron chi connectivity index (χ2n) is 5.40. The molecule has 0 unspecified atom stereocenters. The molecule has 23 heavy (non-hydrogen) atoms. The molecule has 3 rings (SSSR count). The molecule has 0 bridgehead atoms. The number of carbonyl (C=O) groups excluding carboxylic acids is 1. The molecule has 122 valence electrons. The number of anilines is 1. The molecule has 0 spiro atoms. The van der Waals surface area contributed by atoms with Crippen molar-refractivity contribution in [3.05, 3.63) is 35.1 Å². The lowest BCUT2D eigenvalue weighted by Crippen LogP contribution is -2.39. The Hall–Kier alpha value is -2.70. The predicted octanol–water partition coefficient (Wildman–Crippen LogP) is 2.59. The lowest BCUT2D eigenvalue weighted by Gasteiger charge is -2.29. The number of urea groups is 1. The fraction of sp³-hybridized carbons (Fsp3) is 0.375. The molecule has 1 aliphatic heterocycles. The molecule has 0 radical (unpaired) electrons. The van der Waals surface area contributed by atoms with Gasteiger partial charge in [0.25, 0.3) is 0 Å². The van der Waals surface area contributed by atoms with E-state index in [-0.39, 0.29) is 6.03 Å². The number of aromatic nitrogens is 1. The SMILES string of the molecule is COc1cc2c(cc1OC)CN(C(=O)Nc1cc(C)on1)CC2. The molecular weight excluding hydrogens is 298 g/mol. The number of rotatable bonds is 3. The van der Waals surface area contributed by atoms with Gasteiger partial charge in [-0.05, 0) is 36.6 Å². The third kappa shape index (κ3) is 3.08. The van der Waals surface area contributed by atoms with Gasteiger partial charge in [0, 0.05) is 19.2 Å². The number of nitrogens with zero attached hydrogens (tertiary/aromatic N) is 2. The molecular formula is C16H19N3O4. The molecule has 0 fully saturated rings. The second-order valence-corrected chi connectivity index (χ2v) is 5.40. The lowest BCUT2D eigenvalue weighted by molar-refractivity contribution is 0.206. The van der Waals surface area contributed by atoms with Crippen LogP contribution in [0.25, 0.3) is 0 Å². The van der Waals surface area contributed by atoms with Crippen molar-refractivity contribution in [3.63, 3.8) is 0 Å². The number of hydrogen-bond acceptors (Lipinski definition) is 5. The number of hydrogen-bond donors (Lipinski definition) is 1. The Balaban J connectivity index is 1.75. The van der Waals surface area contributed by atoms with Gasteiger partial charge < -0.3 is 18.9 Å². The highest BCUT2D eigenvalue weighted by Crippen LogP contribution is 2.33. The number of carbonyl (C=O) groups is 1. The van der Waals surface area contributed by atoms with Crippen LogP contribution < -0.4 is 14.8 Å². The minimum absolute atomic E-state index is 0.196. The number of methoxy groups -OCH3 is 2. The highest BCUT2D eigenvalue weighted by atomic mass is 16.5. The summed E-state index contributed by atoms with van der Waals surface area (Å²) >= 11 is 0. The normalized spacial score (nSPS) is 13.4. The number of ether oxygens (including phenoxy) is 2. The maximum absolute atomic E-state index is 12.3. The standard InChI is InChI=1S/C16H19N3O4/c1-10-6-15(18-23-10)17-16(20)19-5-4-11-7-13(21-2)14(22-3)8-12(11)9-19/h6-8H,4-5,9H2,1-3H3,(H,17,18,20). The van der Waals surface area contributed by atoms with E-state index < -0.39 is 0 Å². The van der Waals surface area contributed by atoms with Crippen LogP contribution in [0.5, 0.6) is 11.5 Å². The number of aryl methyl sites for hydroxylation is 1. The summed E-state index contributed by atoms with van der Waals surface area (Å²) in [6.07, 6.45) is 0.765. The van der Waals surface area contributed by atoms with E-state index in [2.05, 4.69) is 10.5 Å². The smallest absolute Gasteiger partial charge is 0.323 e. The monoisotopic (exact) mass is 317 g/mol. The third-order valence-corrected chi connectivity index (χ3v) is 3.87. The van der Waals surface area contributed by atoms with E-state index in [1.165, 1.54) is 5.56 Å². The zero-order valence-electron chi connectivity index (χ0n) is 13.4. The van der Waals surface area contributed by atoms with Crippen molar-refractivity contribution in [1.82, 2.24) is 10.1 Å². The number of amides is 2. The van der Waals surface area contributed by atoms with Crippen LogP contribution in [-0.4, -0.2) is 36.9 Å². The molecule has 1 aromatic carbocycles. The van der Waals surface area contributed by atoms with Crippen LogP contribution in [0.2, 0.25) is 0 Å². The van der Waals surface area contributed by atoms with Gasteiger partial charge in [-0.25, -0.2) is 4.79 Å².